The van der Waals surface area contributed by atoms with Crippen LogP contribution in [0.3, 0.4) is 0 Å². The second-order valence-electron chi connectivity index (χ2n) is 3.89. The summed E-state index contributed by atoms with van der Waals surface area (Å²) in [4.78, 5) is 6.87. The lowest BCUT2D eigenvalue weighted by atomic mass is 10.2. The number of benzene rings is 1. The Labute approximate surface area is 119 Å². The van der Waals surface area contributed by atoms with Gasteiger partial charge in [0.1, 0.15) is 0 Å². The Morgan fingerprint density at radius 2 is 2.11 bits per heavy atom. The van der Waals surface area contributed by atoms with Crippen LogP contribution in [0.2, 0.25) is 0 Å². The lowest BCUT2D eigenvalue weighted by Gasteiger charge is -2.00. The van der Waals surface area contributed by atoms with E-state index < -0.39 is 0 Å². The summed E-state index contributed by atoms with van der Waals surface area (Å²) in [6.45, 7) is 0. The topological polar surface area (TPSA) is 17.3 Å². The molecule has 0 amide bonds. The van der Waals surface area contributed by atoms with Crippen molar-refractivity contribution in [1.29, 1.82) is 0 Å². The fourth-order valence-electron chi connectivity index (χ4n) is 1.68. The molecule has 0 saturated carbocycles. The van der Waals surface area contributed by atoms with Gasteiger partial charge in [-0.1, -0.05) is 12.1 Å². The molecule has 2 heterocycles. The Morgan fingerprint density at radius 1 is 1.28 bits per heavy atom. The second kappa shape index (κ2) is 5.34. The van der Waals surface area contributed by atoms with Crippen LogP contribution in [0.5, 0.6) is 0 Å². The van der Waals surface area contributed by atoms with Crippen molar-refractivity contribution < 1.29 is 0 Å². The van der Waals surface area contributed by atoms with Crippen molar-refractivity contribution in [2.75, 3.05) is 0 Å². The third-order valence-corrected chi connectivity index (χ3v) is 4.73. The molecule has 0 spiro atoms. The van der Waals surface area contributed by atoms with Crippen molar-refractivity contribution in [3.8, 4) is 0 Å². The first-order chi connectivity index (χ1) is 8.85. The predicted octanol–water partition coefficient (Wildman–Crippen LogP) is 4.43. The van der Waals surface area contributed by atoms with Crippen LogP contribution in [-0.4, -0.2) is 9.38 Å². The van der Waals surface area contributed by atoms with E-state index in [0.717, 1.165) is 22.0 Å². The quantitative estimate of drug-likeness (QED) is 0.523. The molecule has 0 N–H and O–H groups in total. The van der Waals surface area contributed by atoms with Gasteiger partial charge < -0.3 is 0 Å². The normalized spacial score (nSPS) is 11.2. The lowest BCUT2D eigenvalue weighted by molar-refractivity contribution is 1.21. The van der Waals surface area contributed by atoms with Crippen LogP contribution in [0, 0.1) is 0 Å². The molecule has 3 rings (SSSR count). The van der Waals surface area contributed by atoms with Crippen molar-refractivity contribution in [2.24, 2.45) is 0 Å². The number of aromatic nitrogens is 2. The SMILES string of the molecule is ClCc1ccc(SCc2cn3ccsc3n2)cc1. The van der Waals surface area contributed by atoms with Crippen molar-refractivity contribution in [2.45, 2.75) is 16.5 Å². The largest absolute Gasteiger partial charge is 0.297 e. The molecule has 2 aromatic heterocycles. The number of nitrogens with zero attached hydrogens (tertiary/aromatic N) is 2. The molecule has 2 nitrogen and oxygen atoms in total. The van der Waals surface area contributed by atoms with E-state index in [9.17, 15) is 0 Å². The van der Waals surface area contributed by atoms with Gasteiger partial charge in [0.2, 0.25) is 0 Å². The summed E-state index contributed by atoms with van der Waals surface area (Å²) in [5.74, 6) is 1.47. The highest BCUT2D eigenvalue weighted by atomic mass is 35.5. The number of hydrogen-bond donors (Lipinski definition) is 0. The average Bonchev–Trinajstić information content (AvgIpc) is 2.97. The van der Waals surface area contributed by atoms with Crippen LogP contribution in [-0.2, 0) is 11.6 Å². The van der Waals surface area contributed by atoms with E-state index in [1.165, 1.54) is 4.90 Å². The van der Waals surface area contributed by atoms with Gasteiger partial charge >= 0.3 is 0 Å². The van der Waals surface area contributed by atoms with E-state index in [1.54, 1.807) is 23.1 Å². The number of halogens is 1. The fraction of sp³-hybridized carbons (Fsp3) is 0.154. The summed E-state index contributed by atoms with van der Waals surface area (Å²) in [7, 11) is 0. The Kier molecular flexibility index (Phi) is 3.59. The molecule has 0 radical (unpaired) electrons. The molecule has 0 aliphatic heterocycles. The first kappa shape index (κ1) is 12.1. The molecule has 0 bridgehead atoms. The molecule has 1 aromatic carbocycles. The van der Waals surface area contributed by atoms with Crippen LogP contribution >= 0.6 is 34.7 Å². The number of imidazole rings is 1. The van der Waals surface area contributed by atoms with Gasteiger partial charge in [-0.05, 0) is 17.7 Å². The van der Waals surface area contributed by atoms with E-state index in [0.29, 0.717) is 5.88 Å². The Bertz CT molecular complexity index is 614. The molecule has 0 atom stereocenters. The van der Waals surface area contributed by atoms with Crippen LogP contribution in [0.4, 0.5) is 0 Å². The highest BCUT2D eigenvalue weighted by Gasteiger charge is 2.03. The van der Waals surface area contributed by atoms with Crippen LogP contribution in [0.15, 0.2) is 46.9 Å². The lowest BCUT2D eigenvalue weighted by Crippen LogP contribution is -1.81. The van der Waals surface area contributed by atoms with Crippen LogP contribution in [0.25, 0.3) is 4.96 Å². The molecule has 3 aromatic rings. The monoisotopic (exact) mass is 294 g/mol. The third-order valence-electron chi connectivity index (χ3n) is 2.61. The van der Waals surface area contributed by atoms with Gasteiger partial charge in [-0.25, -0.2) is 4.98 Å². The van der Waals surface area contributed by atoms with Gasteiger partial charge in [0, 0.05) is 34.3 Å². The summed E-state index contributed by atoms with van der Waals surface area (Å²) in [6, 6.07) is 8.36. The smallest absolute Gasteiger partial charge is 0.193 e. The molecule has 92 valence electrons. The first-order valence-electron chi connectivity index (χ1n) is 5.54. The minimum atomic E-state index is 0.572. The molecule has 0 fully saturated rings. The van der Waals surface area contributed by atoms with E-state index in [2.05, 4.69) is 39.8 Å². The molecular formula is C13H11ClN2S2. The number of rotatable bonds is 4. The number of alkyl halides is 1. The number of thioether (sulfide) groups is 1. The molecule has 0 unspecified atom stereocenters. The van der Waals surface area contributed by atoms with Crippen LogP contribution in [0.1, 0.15) is 11.3 Å². The van der Waals surface area contributed by atoms with Gasteiger partial charge in [0.25, 0.3) is 0 Å². The van der Waals surface area contributed by atoms with E-state index in [4.69, 9.17) is 11.6 Å². The Hall–Kier alpha value is -0.970. The maximum Gasteiger partial charge on any atom is 0.193 e. The molecule has 18 heavy (non-hydrogen) atoms. The summed E-state index contributed by atoms with van der Waals surface area (Å²) < 4.78 is 2.07. The first-order valence-corrected chi connectivity index (χ1v) is 7.94. The van der Waals surface area contributed by atoms with Crippen molar-refractivity contribution in [1.82, 2.24) is 9.38 Å². The maximum absolute atomic E-state index is 5.77. The molecule has 0 aliphatic carbocycles. The molecule has 0 saturated heterocycles. The average molecular weight is 295 g/mol. The summed E-state index contributed by atoms with van der Waals surface area (Å²) in [5.41, 5.74) is 2.27. The van der Waals surface area contributed by atoms with Crippen molar-refractivity contribution in [3.05, 3.63) is 53.3 Å². The maximum atomic E-state index is 5.77. The fourth-order valence-corrected chi connectivity index (χ4v) is 3.36. The van der Waals surface area contributed by atoms with Crippen molar-refractivity contribution >= 4 is 39.7 Å². The van der Waals surface area contributed by atoms with Gasteiger partial charge in [-0.2, -0.15) is 0 Å². The molecular weight excluding hydrogens is 284 g/mol. The number of fused-ring (bicyclic) bond motifs is 1. The standard InChI is InChI=1S/C13H11ClN2S2/c14-7-10-1-3-12(4-2-10)18-9-11-8-16-5-6-17-13(16)15-11/h1-6,8H,7,9H2. The van der Waals surface area contributed by atoms with Gasteiger partial charge in [-0.15, -0.1) is 34.7 Å². The van der Waals surface area contributed by atoms with E-state index in [-0.39, 0.29) is 0 Å². The van der Waals surface area contributed by atoms with E-state index in [1.807, 2.05) is 11.6 Å². The third kappa shape index (κ3) is 2.55. The van der Waals surface area contributed by atoms with Crippen molar-refractivity contribution in [3.63, 3.8) is 0 Å². The van der Waals surface area contributed by atoms with E-state index >= 15 is 0 Å². The zero-order valence-corrected chi connectivity index (χ0v) is 11.9. The minimum Gasteiger partial charge on any atom is -0.297 e. The zero-order valence-electron chi connectivity index (χ0n) is 9.54. The molecule has 0 aliphatic rings. The van der Waals surface area contributed by atoms with Gasteiger partial charge in [0.15, 0.2) is 4.96 Å². The summed E-state index contributed by atoms with van der Waals surface area (Å²) in [5, 5.41) is 2.05. The Balaban J connectivity index is 1.68. The second-order valence-corrected chi connectivity index (χ2v) is 6.08. The highest BCUT2D eigenvalue weighted by Crippen LogP contribution is 2.24. The Morgan fingerprint density at radius 3 is 2.83 bits per heavy atom. The van der Waals surface area contributed by atoms with Gasteiger partial charge in [0.05, 0.1) is 5.69 Å². The van der Waals surface area contributed by atoms with Crippen LogP contribution < -0.4 is 0 Å². The van der Waals surface area contributed by atoms with Gasteiger partial charge in [-0.3, -0.25) is 4.40 Å². The minimum absolute atomic E-state index is 0.572. The summed E-state index contributed by atoms with van der Waals surface area (Å²) >= 11 is 9.23. The number of thiazole rings is 1. The molecule has 5 heteroatoms. The predicted molar refractivity (Wildman–Crippen MR) is 78.6 cm³/mol. The summed E-state index contributed by atoms with van der Waals surface area (Å²) in [6.07, 6.45) is 4.13. The number of hydrogen-bond acceptors (Lipinski definition) is 3. The zero-order chi connectivity index (χ0) is 12.4. The highest BCUT2D eigenvalue weighted by molar-refractivity contribution is 7.98.